The van der Waals surface area contributed by atoms with E-state index in [1.165, 1.54) is 19.3 Å². The Bertz CT molecular complexity index is 310. The maximum atomic E-state index is 12.0. The minimum absolute atomic E-state index is 0.0191. The number of nitrogens with one attached hydrogen (secondary N) is 1. The van der Waals surface area contributed by atoms with Crippen molar-refractivity contribution < 1.29 is 9.59 Å². The van der Waals surface area contributed by atoms with Crippen molar-refractivity contribution in [1.29, 1.82) is 0 Å². The summed E-state index contributed by atoms with van der Waals surface area (Å²) in [4.78, 5) is 25.2. The molecule has 1 aliphatic heterocycles. The van der Waals surface area contributed by atoms with Crippen LogP contribution in [-0.2, 0) is 9.59 Å². The van der Waals surface area contributed by atoms with Gasteiger partial charge in [0.15, 0.2) is 0 Å². The van der Waals surface area contributed by atoms with Gasteiger partial charge >= 0.3 is 0 Å². The Hall–Kier alpha value is -1.06. The fourth-order valence-corrected chi connectivity index (χ4v) is 2.58. The summed E-state index contributed by atoms with van der Waals surface area (Å²) in [5.74, 6) is 0.0737. The zero-order valence-corrected chi connectivity index (χ0v) is 10.1. The third-order valence-electron chi connectivity index (χ3n) is 3.82. The average molecular weight is 224 g/mol. The van der Waals surface area contributed by atoms with Crippen LogP contribution in [-0.4, -0.2) is 35.8 Å². The molecule has 0 spiro atoms. The summed E-state index contributed by atoms with van der Waals surface area (Å²) in [7, 11) is 0. The summed E-state index contributed by atoms with van der Waals surface area (Å²) in [5.41, 5.74) is 0.256. The smallest absolute Gasteiger partial charge is 0.245 e. The number of piperazine rings is 1. The molecule has 16 heavy (non-hydrogen) atoms. The zero-order valence-electron chi connectivity index (χ0n) is 10.1. The van der Waals surface area contributed by atoms with E-state index in [4.69, 9.17) is 0 Å². The molecule has 1 unspecified atom stereocenters. The van der Waals surface area contributed by atoms with Gasteiger partial charge in [-0.15, -0.1) is 0 Å². The zero-order chi connectivity index (χ0) is 11.8. The topological polar surface area (TPSA) is 49.4 Å². The minimum Gasteiger partial charge on any atom is -0.343 e. The van der Waals surface area contributed by atoms with E-state index in [0.29, 0.717) is 6.42 Å². The molecule has 2 fully saturated rings. The molecule has 0 aromatic heterocycles. The van der Waals surface area contributed by atoms with Crippen LogP contribution in [0.2, 0.25) is 0 Å². The summed E-state index contributed by atoms with van der Waals surface area (Å²) < 4.78 is 0. The highest BCUT2D eigenvalue weighted by Crippen LogP contribution is 2.41. The van der Waals surface area contributed by atoms with Gasteiger partial charge in [-0.3, -0.25) is 9.59 Å². The molecule has 1 saturated heterocycles. The second kappa shape index (κ2) is 4.07. The van der Waals surface area contributed by atoms with Crippen molar-refractivity contribution in [2.24, 2.45) is 5.41 Å². The normalized spacial score (nSPS) is 28.6. The molecule has 0 aromatic rings. The fourth-order valence-electron chi connectivity index (χ4n) is 2.58. The highest BCUT2D eigenvalue weighted by Gasteiger charge is 2.39. The number of nitrogens with zero attached hydrogens (tertiary/aromatic N) is 1. The van der Waals surface area contributed by atoms with Gasteiger partial charge in [-0.1, -0.05) is 20.3 Å². The highest BCUT2D eigenvalue weighted by atomic mass is 16.2. The first kappa shape index (κ1) is 11.4. The Balaban J connectivity index is 2.01. The molecular formula is C12H20N2O2. The molecule has 1 atom stereocenters. The second-order valence-corrected chi connectivity index (χ2v) is 5.39. The van der Waals surface area contributed by atoms with E-state index >= 15 is 0 Å². The first-order chi connectivity index (χ1) is 7.54. The van der Waals surface area contributed by atoms with Crippen LogP contribution in [0.5, 0.6) is 0 Å². The molecule has 1 heterocycles. The van der Waals surface area contributed by atoms with Gasteiger partial charge in [0.2, 0.25) is 11.8 Å². The molecule has 1 saturated carbocycles. The van der Waals surface area contributed by atoms with E-state index < -0.39 is 0 Å². The van der Waals surface area contributed by atoms with Gasteiger partial charge in [-0.25, -0.2) is 0 Å². The van der Waals surface area contributed by atoms with Crippen molar-refractivity contribution >= 4 is 11.8 Å². The lowest BCUT2D eigenvalue weighted by molar-refractivity contribution is -0.146. The third kappa shape index (κ3) is 2.06. The van der Waals surface area contributed by atoms with Crippen molar-refractivity contribution in [1.82, 2.24) is 10.2 Å². The Morgan fingerprint density at radius 2 is 2.12 bits per heavy atom. The van der Waals surface area contributed by atoms with Crippen LogP contribution >= 0.6 is 0 Å². The SMILES string of the molecule is CCC1NC(=O)CN(CC2(C)CCC2)C1=O. The van der Waals surface area contributed by atoms with Gasteiger partial charge in [-0.05, 0) is 24.7 Å². The van der Waals surface area contributed by atoms with Gasteiger partial charge in [0.05, 0.1) is 6.54 Å². The molecule has 1 aliphatic carbocycles. The number of carbonyl (C=O) groups excluding carboxylic acids is 2. The van der Waals surface area contributed by atoms with E-state index in [0.717, 1.165) is 6.54 Å². The Morgan fingerprint density at radius 1 is 1.44 bits per heavy atom. The monoisotopic (exact) mass is 224 g/mol. The molecule has 2 rings (SSSR count). The van der Waals surface area contributed by atoms with Crippen LogP contribution in [0, 0.1) is 5.41 Å². The van der Waals surface area contributed by atoms with Crippen LogP contribution in [0.15, 0.2) is 0 Å². The van der Waals surface area contributed by atoms with E-state index in [9.17, 15) is 9.59 Å². The Kier molecular flexibility index (Phi) is 2.91. The molecule has 0 aromatic carbocycles. The van der Waals surface area contributed by atoms with E-state index in [1.54, 1.807) is 4.90 Å². The Morgan fingerprint density at radius 3 is 2.62 bits per heavy atom. The maximum Gasteiger partial charge on any atom is 0.245 e. The maximum absolute atomic E-state index is 12.0. The van der Waals surface area contributed by atoms with Crippen LogP contribution in [0.1, 0.15) is 39.5 Å². The van der Waals surface area contributed by atoms with Crippen LogP contribution in [0.3, 0.4) is 0 Å². The molecule has 0 radical (unpaired) electrons. The standard InChI is InChI=1S/C12H20N2O2/c1-3-9-11(16)14(7-10(15)13-9)8-12(2)5-4-6-12/h9H,3-8H2,1-2H3,(H,13,15). The molecule has 2 aliphatic rings. The third-order valence-corrected chi connectivity index (χ3v) is 3.82. The summed E-state index contributed by atoms with van der Waals surface area (Å²) in [6, 6.07) is -0.301. The number of rotatable bonds is 3. The first-order valence-corrected chi connectivity index (χ1v) is 6.12. The quantitative estimate of drug-likeness (QED) is 0.774. The molecule has 4 nitrogen and oxygen atoms in total. The number of hydrogen-bond acceptors (Lipinski definition) is 2. The van der Waals surface area contributed by atoms with E-state index in [2.05, 4.69) is 12.2 Å². The average Bonchev–Trinajstić information content (AvgIpc) is 2.20. The first-order valence-electron chi connectivity index (χ1n) is 6.12. The number of amides is 2. The van der Waals surface area contributed by atoms with Crippen molar-refractivity contribution in [2.45, 2.75) is 45.6 Å². The van der Waals surface area contributed by atoms with Crippen LogP contribution in [0.4, 0.5) is 0 Å². The Labute approximate surface area is 96.4 Å². The second-order valence-electron chi connectivity index (χ2n) is 5.39. The van der Waals surface area contributed by atoms with E-state index in [1.807, 2.05) is 6.92 Å². The van der Waals surface area contributed by atoms with Crippen molar-refractivity contribution in [3.8, 4) is 0 Å². The summed E-state index contributed by atoms with van der Waals surface area (Å²) in [5, 5.41) is 2.74. The number of carbonyl (C=O) groups is 2. The predicted molar refractivity (Wildman–Crippen MR) is 60.8 cm³/mol. The largest absolute Gasteiger partial charge is 0.343 e. The summed E-state index contributed by atoms with van der Waals surface area (Å²) in [6.45, 7) is 5.12. The van der Waals surface area contributed by atoms with Gasteiger partial charge in [0.25, 0.3) is 0 Å². The lowest BCUT2D eigenvalue weighted by atomic mass is 9.70. The lowest BCUT2D eigenvalue weighted by Crippen LogP contribution is -2.59. The van der Waals surface area contributed by atoms with Gasteiger partial charge in [-0.2, -0.15) is 0 Å². The highest BCUT2D eigenvalue weighted by molar-refractivity contribution is 5.94. The lowest BCUT2D eigenvalue weighted by Gasteiger charge is -2.44. The summed E-state index contributed by atoms with van der Waals surface area (Å²) in [6.07, 6.45) is 4.28. The molecular weight excluding hydrogens is 204 g/mol. The van der Waals surface area contributed by atoms with Gasteiger partial charge in [0.1, 0.15) is 6.04 Å². The molecule has 0 bridgehead atoms. The number of hydrogen-bond donors (Lipinski definition) is 1. The summed E-state index contributed by atoms with van der Waals surface area (Å²) >= 11 is 0. The minimum atomic E-state index is -0.301. The fraction of sp³-hybridized carbons (Fsp3) is 0.833. The van der Waals surface area contributed by atoms with Crippen LogP contribution < -0.4 is 5.32 Å². The van der Waals surface area contributed by atoms with Gasteiger partial charge in [0, 0.05) is 6.54 Å². The van der Waals surface area contributed by atoms with Crippen molar-refractivity contribution in [3.63, 3.8) is 0 Å². The van der Waals surface area contributed by atoms with Crippen molar-refractivity contribution in [3.05, 3.63) is 0 Å². The van der Waals surface area contributed by atoms with Crippen LogP contribution in [0.25, 0.3) is 0 Å². The van der Waals surface area contributed by atoms with Gasteiger partial charge < -0.3 is 10.2 Å². The molecule has 2 amide bonds. The molecule has 90 valence electrons. The van der Waals surface area contributed by atoms with E-state index in [-0.39, 0.29) is 29.8 Å². The van der Waals surface area contributed by atoms with Crippen molar-refractivity contribution in [2.75, 3.05) is 13.1 Å². The predicted octanol–water partition coefficient (Wildman–Crippen LogP) is 0.914. The molecule has 1 N–H and O–H groups in total. The molecule has 4 heteroatoms.